The largest absolute Gasteiger partial charge is 0.350 e. The zero-order chi connectivity index (χ0) is 19.5. The van der Waals surface area contributed by atoms with E-state index in [4.69, 9.17) is 0 Å². The van der Waals surface area contributed by atoms with E-state index in [-0.39, 0.29) is 23.8 Å². The predicted octanol–water partition coefficient (Wildman–Crippen LogP) is 1.54. The lowest BCUT2D eigenvalue weighted by Gasteiger charge is -2.31. The van der Waals surface area contributed by atoms with Gasteiger partial charge in [0.15, 0.2) is 0 Å². The van der Waals surface area contributed by atoms with Gasteiger partial charge in [0, 0.05) is 25.2 Å². The minimum atomic E-state index is -0.271. The summed E-state index contributed by atoms with van der Waals surface area (Å²) in [6, 6.07) is 7.19. The Hall–Kier alpha value is -2.74. The highest BCUT2D eigenvalue weighted by Crippen LogP contribution is 2.26. The van der Waals surface area contributed by atoms with Crippen molar-refractivity contribution in [1.82, 2.24) is 25.0 Å². The van der Waals surface area contributed by atoms with Gasteiger partial charge in [0.1, 0.15) is 5.82 Å². The van der Waals surface area contributed by atoms with Gasteiger partial charge in [-0.05, 0) is 38.0 Å². The number of nitrogens with zero attached hydrogens (tertiary/aromatic N) is 4. The minimum absolute atomic E-state index is 0.0698. The monoisotopic (exact) mass is 382 g/mol. The summed E-state index contributed by atoms with van der Waals surface area (Å²) in [5.74, 6) is 0.815. The highest BCUT2D eigenvalue weighted by atomic mass is 16.2. The van der Waals surface area contributed by atoms with Crippen LogP contribution < -0.4 is 10.6 Å². The van der Waals surface area contributed by atoms with E-state index in [2.05, 4.69) is 25.6 Å². The standard InChI is InChI=1S/C20H26N6O2/c1-14(19(27)23-18-7-2-3-8-21-18)25-9-10-26-17(13-25)11-16(24-26)12-22-20(28)15-5-4-6-15/h2-3,7-8,11,14-15H,4-6,9-10,12-13H2,1H3,(H,22,28)(H,21,23,27)/t14-/m1/s1. The van der Waals surface area contributed by atoms with Crippen LogP contribution in [-0.4, -0.2) is 44.1 Å². The molecule has 148 valence electrons. The van der Waals surface area contributed by atoms with Crippen molar-refractivity contribution in [2.45, 2.75) is 51.9 Å². The number of pyridine rings is 1. The maximum absolute atomic E-state index is 12.5. The normalized spacial score (nSPS) is 18.0. The molecule has 2 N–H and O–H groups in total. The number of carbonyl (C=O) groups is 2. The molecule has 2 aromatic heterocycles. The van der Waals surface area contributed by atoms with E-state index in [0.29, 0.717) is 18.9 Å². The van der Waals surface area contributed by atoms with E-state index in [1.54, 1.807) is 12.3 Å². The molecule has 1 fully saturated rings. The third kappa shape index (κ3) is 4.06. The van der Waals surface area contributed by atoms with Crippen LogP contribution in [0.15, 0.2) is 30.5 Å². The fraction of sp³-hybridized carbons (Fsp3) is 0.500. The Morgan fingerprint density at radius 1 is 1.29 bits per heavy atom. The lowest BCUT2D eigenvalue weighted by atomic mass is 9.85. The summed E-state index contributed by atoms with van der Waals surface area (Å²) in [5, 5.41) is 10.4. The van der Waals surface area contributed by atoms with E-state index >= 15 is 0 Å². The first-order chi connectivity index (χ1) is 13.6. The minimum Gasteiger partial charge on any atom is -0.350 e. The van der Waals surface area contributed by atoms with Crippen molar-refractivity contribution in [2.24, 2.45) is 5.92 Å². The summed E-state index contributed by atoms with van der Waals surface area (Å²) >= 11 is 0. The fourth-order valence-electron chi connectivity index (χ4n) is 3.59. The first-order valence-electron chi connectivity index (χ1n) is 9.89. The smallest absolute Gasteiger partial charge is 0.242 e. The van der Waals surface area contributed by atoms with Gasteiger partial charge >= 0.3 is 0 Å². The molecular weight excluding hydrogens is 356 g/mol. The average Bonchev–Trinajstić information content (AvgIpc) is 3.07. The quantitative estimate of drug-likeness (QED) is 0.791. The van der Waals surface area contributed by atoms with Crippen LogP contribution in [0.25, 0.3) is 0 Å². The van der Waals surface area contributed by atoms with Crippen LogP contribution in [0.1, 0.15) is 37.6 Å². The third-order valence-electron chi connectivity index (χ3n) is 5.64. The van der Waals surface area contributed by atoms with Gasteiger partial charge in [-0.1, -0.05) is 12.5 Å². The van der Waals surface area contributed by atoms with Gasteiger partial charge in [-0.25, -0.2) is 4.98 Å². The van der Waals surface area contributed by atoms with Crippen molar-refractivity contribution in [3.8, 4) is 0 Å². The molecule has 1 atom stereocenters. The summed E-state index contributed by atoms with van der Waals surface area (Å²) < 4.78 is 1.98. The van der Waals surface area contributed by atoms with E-state index in [1.807, 2.05) is 29.8 Å². The van der Waals surface area contributed by atoms with E-state index in [0.717, 1.165) is 43.7 Å². The Balaban J connectivity index is 1.33. The van der Waals surface area contributed by atoms with Crippen molar-refractivity contribution < 1.29 is 9.59 Å². The highest BCUT2D eigenvalue weighted by molar-refractivity contribution is 5.93. The number of fused-ring (bicyclic) bond motifs is 1. The Labute approximate surface area is 164 Å². The maximum Gasteiger partial charge on any atom is 0.242 e. The molecule has 0 saturated heterocycles. The molecule has 0 bridgehead atoms. The van der Waals surface area contributed by atoms with E-state index in [1.165, 1.54) is 0 Å². The lowest BCUT2D eigenvalue weighted by molar-refractivity contribution is -0.127. The molecule has 2 aliphatic rings. The molecule has 8 nitrogen and oxygen atoms in total. The molecule has 28 heavy (non-hydrogen) atoms. The predicted molar refractivity (Wildman–Crippen MR) is 104 cm³/mol. The zero-order valence-electron chi connectivity index (χ0n) is 16.1. The lowest BCUT2D eigenvalue weighted by Crippen LogP contribution is -2.45. The molecule has 0 unspecified atom stereocenters. The molecule has 2 amide bonds. The van der Waals surface area contributed by atoms with Gasteiger partial charge in [-0.3, -0.25) is 19.2 Å². The topological polar surface area (TPSA) is 92.2 Å². The molecule has 1 aliphatic heterocycles. The Bertz CT molecular complexity index is 846. The fourth-order valence-corrected chi connectivity index (χ4v) is 3.59. The van der Waals surface area contributed by atoms with Gasteiger partial charge in [-0.2, -0.15) is 5.10 Å². The number of hydrogen-bond donors (Lipinski definition) is 2. The number of amides is 2. The van der Waals surface area contributed by atoms with Crippen LogP contribution in [0.4, 0.5) is 5.82 Å². The van der Waals surface area contributed by atoms with Crippen LogP contribution >= 0.6 is 0 Å². The van der Waals surface area contributed by atoms with Crippen LogP contribution in [0.3, 0.4) is 0 Å². The molecule has 2 aromatic rings. The zero-order valence-corrected chi connectivity index (χ0v) is 16.1. The number of nitrogens with one attached hydrogen (secondary N) is 2. The van der Waals surface area contributed by atoms with Crippen molar-refractivity contribution in [2.75, 3.05) is 11.9 Å². The molecular formula is C20H26N6O2. The van der Waals surface area contributed by atoms with Gasteiger partial charge in [-0.15, -0.1) is 0 Å². The number of rotatable bonds is 6. The van der Waals surface area contributed by atoms with Crippen LogP contribution in [0, 0.1) is 5.92 Å². The molecule has 1 saturated carbocycles. The van der Waals surface area contributed by atoms with Crippen molar-refractivity contribution in [1.29, 1.82) is 0 Å². The Morgan fingerprint density at radius 3 is 2.86 bits per heavy atom. The maximum atomic E-state index is 12.5. The van der Waals surface area contributed by atoms with Gasteiger partial charge in [0.25, 0.3) is 0 Å². The SMILES string of the molecule is C[C@H](C(=O)Nc1ccccn1)N1CCn2nc(CNC(=O)C3CCC3)cc2C1. The molecule has 3 heterocycles. The first kappa shape index (κ1) is 18.6. The van der Waals surface area contributed by atoms with Crippen molar-refractivity contribution >= 4 is 17.6 Å². The number of aromatic nitrogens is 3. The summed E-state index contributed by atoms with van der Waals surface area (Å²) in [6.45, 7) is 4.50. The van der Waals surface area contributed by atoms with Gasteiger partial charge in [0.2, 0.25) is 11.8 Å². The van der Waals surface area contributed by atoms with Crippen molar-refractivity contribution in [3.63, 3.8) is 0 Å². The number of hydrogen-bond acceptors (Lipinski definition) is 5. The molecule has 0 radical (unpaired) electrons. The average molecular weight is 382 g/mol. The number of anilines is 1. The summed E-state index contributed by atoms with van der Waals surface area (Å²) in [4.78, 5) is 30.8. The Kier molecular flexibility index (Phi) is 5.38. The van der Waals surface area contributed by atoms with E-state index in [9.17, 15) is 9.59 Å². The second kappa shape index (κ2) is 8.10. The van der Waals surface area contributed by atoms with Gasteiger partial charge in [0.05, 0.1) is 30.5 Å². The highest BCUT2D eigenvalue weighted by Gasteiger charge is 2.28. The molecule has 1 aliphatic carbocycles. The van der Waals surface area contributed by atoms with Crippen LogP contribution in [0.2, 0.25) is 0 Å². The van der Waals surface area contributed by atoms with E-state index < -0.39 is 0 Å². The summed E-state index contributed by atoms with van der Waals surface area (Å²) in [6.07, 6.45) is 4.81. The third-order valence-corrected chi connectivity index (χ3v) is 5.64. The summed E-state index contributed by atoms with van der Waals surface area (Å²) in [5.41, 5.74) is 1.94. The van der Waals surface area contributed by atoms with Crippen molar-refractivity contribution in [3.05, 3.63) is 41.9 Å². The molecule has 0 spiro atoms. The molecule has 8 heteroatoms. The molecule has 4 rings (SSSR count). The summed E-state index contributed by atoms with van der Waals surface area (Å²) in [7, 11) is 0. The van der Waals surface area contributed by atoms with Crippen LogP contribution in [-0.2, 0) is 29.2 Å². The first-order valence-corrected chi connectivity index (χ1v) is 9.89. The second-order valence-corrected chi connectivity index (χ2v) is 7.55. The number of carbonyl (C=O) groups excluding carboxylic acids is 2. The van der Waals surface area contributed by atoms with Crippen LogP contribution in [0.5, 0.6) is 0 Å². The Morgan fingerprint density at radius 2 is 2.14 bits per heavy atom. The molecule has 0 aromatic carbocycles. The van der Waals surface area contributed by atoms with Gasteiger partial charge < -0.3 is 10.6 Å². The second-order valence-electron chi connectivity index (χ2n) is 7.55.